The summed E-state index contributed by atoms with van der Waals surface area (Å²) in [6.07, 6.45) is 61.6. The van der Waals surface area contributed by atoms with Gasteiger partial charge in [-0.3, -0.25) is 4.79 Å². The smallest absolute Gasteiger partial charge is 0.220 e. The fraction of sp³-hybridized carbons (Fsp3) is 0.953. The molecule has 73 heavy (non-hydrogen) atoms. The lowest BCUT2D eigenvalue weighted by atomic mass is 9.99. The Morgan fingerprint density at radius 2 is 0.753 bits per heavy atom. The highest BCUT2D eigenvalue weighted by Gasteiger charge is 2.44. The normalized spacial score (nSPS) is 19.0. The van der Waals surface area contributed by atoms with Crippen molar-refractivity contribution in [1.29, 1.82) is 0 Å². The second-order valence-electron chi connectivity index (χ2n) is 22.9. The number of allylic oxidation sites excluding steroid dienone is 1. The van der Waals surface area contributed by atoms with E-state index < -0.39 is 49.5 Å². The van der Waals surface area contributed by atoms with Crippen molar-refractivity contribution in [2.75, 3.05) is 13.2 Å². The van der Waals surface area contributed by atoms with Crippen LogP contribution in [0.1, 0.15) is 335 Å². The Balaban J connectivity index is 2.14. The molecule has 0 radical (unpaired) electrons. The lowest BCUT2D eigenvalue weighted by Gasteiger charge is -2.40. The Hall–Kier alpha value is -1.07. The Morgan fingerprint density at radius 1 is 0.452 bits per heavy atom. The molecule has 0 aliphatic carbocycles. The average molecular weight is 1040 g/mol. The Morgan fingerprint density at radius 3 is 1.07 bits per heavy atom. The van der Waals surface area contributed by atoms with Crippen LogP contribution in [-0.2, 0) is 14.3 Å². The van der Waals surface area contributed by atoms with Gasteiger partial charge < -0.3 is 40.3 Å². The molecule has 9 heteroatoms. The average Bonchev–Trinajstić information content (AvgIpc) is 3.39. The van der Waals surface area contributed by atoms with Gasteiger partial charge in [-0.25, -0.2) is 0 Å². The molecule has 1 amide bonds. The van der Waals surface area contributed by atoms with Crippen molar-refractivity contribution < 1.29 is 39.8 Å². The number of amides is 1. The van der Waals surface area contributed by atoms with E-state index in [1.165, 1.54) is 276 Å². The zero-order chi connectivity index (χ0) is 52.9. The van der Waals surface area contributed by atoms with Crippen molar-refractivity contribution in [1.82, 2.24) is 5.32 Å². The maximum atomic E-state index is 13.1. The van der Waals surface area contributed by atoms with E-state index in [-0.39, 0.29) is 12.5 Å². The molecule has 7 atom stereocenters. The molecule has 7 unspecified atom stereocenters. The van der Waals surface area contributed by atoms with Crippen LogP contribution in [0.25, 0.3) is 0 Å². The van der Waals surface area contributed by atoms with Crippen molar-refractivity contribution in [3.63, 3.8) is 0 Å². The second-order valence-corrected chi connectivity index (χ2v) is 22.9. The predicted molar refractivity (Wildman–Crippen MR) is 309 cm³/mol. The van der Waals surface area contributed by atoms with Crippen molar-refractivity contribution in [3.8, 4) is 0 Å². The first kappa shape index (κ1) is 69.9. The lowest BCUT2D eigenvalue weighted by Crippen LogP contribution is -2.60. The topological polar surface area (TPSA) is 149 Å². The highest BCUT2D eigenvalue weighted by atomic mass is 16.7. The highest BCUT2D eigenvalue weighted by molar-refractivity contribution is 5.76. The molecule has 434 valence electrons. The van der Waals surface area contributed by atoms with Crippen molar-refractivity contribution in [2.24, 2.45) is 0 Å². The number of hydrogen-bond donors (Lipinski definition) is 6. The molecular formula is C64H125NO8. The second kappa shape index (κ2) is 54.3. The molecule has 0 aromatic carbocycles. The van der Waals surface area contributed by atoms with E-state index in [9.17, 15) is 30.3 Å². The van der Waals surface area contributed by atoms with Crippen molar-refractivity contribution in [2.45, 2.75) is 378 Å². The number of nitrogens with one attached hydrogen (secondary N) is 1. The van der Waals surface area contributed by atoms with Crippen LogP contribution in [0.5, 0.6) is 0 Å². The molecule has 0 bridgehead atoms. The number of hydrogen-bond acceptors (Lipinski definition) is 8. The summed E-state index contributed by atoms with van der Waals surface area (Å²) in [4.78, 5) is 13.1. The van der Waals surface area contributed by atoms with Crippen LogP contribution in [0.3, 0.4) is 0 Å². The molecule has 0 aromatic heterocycles. The summed E-state index contributed by atoms with van der Waals surface area (Å²) in [5.41, 5.74) is 0. The van der Waals surface area contributed by atoms with Gasteiger partial charge in [-0.2, -0.15) is 0 Å². The first-order chi connectivity index (χ1) is 35.8. The Bertz CT molecular complexity index is 1150. The van der Waals surface area contributed by atoms with Crippen LogP contribution < -0.4 is 5.32 Å². The SMILES string of the molecule is CCCCCCCCCCCCCCCCCCCCC/C=C/C(O)C(COC1OC(CO)C(O)C(O)C1O)NC(=O)CCCCCCCCCCCCCCCCCCCCCCCCCCCCCCC. The van der Waals surface area contributed by atoms with Crippen molar-refractivity contribution in [3.05, 3.63) is 12.2 Å². The molecule has 0 saturated carbocycles. The minimum absolute atomic E-state index is 0.168. The van der Waals surface area contributed by atoms with Crippen LogP contribution in [0.15, 0.2) is 12.2 Å². The number of aliphatic hydroxyl groups excluding tert-OH is 5. The van der Waals surface area contributed by atoms with Crippen LogP contribution in [0.4, 0.5) is 0 Å². The molecule has 6 N–H and O–H groups in total. The zero-order valence-corrected chi connectivity index (χ0v) is 48.4. The third-order valence-electron chi connectivity index (χ3n) is 15.9. The largest absolute Gasteiger partial charge is 0.394 e. The third kappa shape index (κ3) is 43.6. The minimum Gasteiger partial charge on any atom is -0.394 e. The molecular weight excluding hydrogens is 911 g/mol. The van der Waals surface area contributed by atoms with Gasteiger partial charge in [0.25, 0.3) is 0 Å². The summed E-state index contributed by atoms with van der Waals surface area (Å²) in [6, 6.07) is -0.801. The third-order valence-corrected chi connectivity index (χ3v) is 15.9. The van der Waals surface area contributed by atoms with Crippen LogP contribution in [0, 0.1) is 0 Å². The van der Waals surface area contributed by atoms with Crippen LogP contribution in [0.2, 0.25) is 0 Å². The van der Waals surface area contributed by atoms with Gasteiger partial charge in [0.15, 0.2) is 6.29 Å². The van der Waals surface area contributed by atoms with Gasteiger partial charge in [-0.1, -0.05) is 321 Å². The van der Waals surface area contributed by atoms with Gasteiger partial charge in [-0.15, -0.1) is 0 Å². The predicted octanol–water partition coefficient (Wildman–Crippen LogP) is 16.7. The monoisotopic (exact) mass is 1040 g/mol. The van der Waals surface area contributed by atoms with E-state index in [2.05, 4.69) is 19.2 Å². The molecule has 1 aliphatic rings. The number of aliphatic hydroxyl groups is 5. The Kier molecular flexibility index (Phi) is 52.0. The maximum absolute atomic E-state index is 13.1. The molecule has 1 saturated heterocycles. The van der Waals surface area contributed by atoms with Crippen LogP contribution in [-0.4, -0.2) is 87.5 Å². The summed E-state index contributed by atoms with van der Waals surface area (Å²) in [6.45, 7) is 3.84. The van der Waals surface area contributed by atoms with Gasteiger partial charge in [0.2, 0.25) is 5.91 Å². The van der Waals surface area contributed by atoms with Gasteiger partial charge in [0.1, 0.15) is 24.4 Å². The molecule has 1 rings (SSSR count). The van der Waals surface area contributed by atoms with E-state index in [1.807, 2.05) is 6.08 Å². The number of unbranched alkanes of at least 4 members (excludes halogenated alkanes) is 47. The van der Waals surface area contributed by atoms with E-state index >= 15 is 0 Å². The summed E-state index contributed by atoms with van der Waals surface area (Å²) < 4.78 is 11.3. The molecule has 1 heterocycles. The van der Waals surface area contributed by atoms with E-state index in [1.54, 1.807) is 6.08 Å². The highest BCUT2D eigenvalue weighted by Crippen LogP contribution is 2.23. The first-order valence-electron chi connectivity index (χ1n) is 32.4. The quantitative estimate of drug-likeness (QED) is 0.0261. The minimum atomic E-state index is -1.56. The molecule has 0 spiro atoms. The molecule has 9 nitrogen and oxygen atoms in total. The van der Waals surface area contributed by atoms with Gasteiger partial charge >= 0.3 is 0 Å². The van der Waals surface area contributed by atoms with E-state index in [0.29, 0.717) is 6.42 Å². The summed E-state index contributed by atoms with van der Waals surface area (Å²) in [7, 11) is 0. The number of ether oxygens (including phenoxy) is 2. The maximum Gasteiger partial charge on any atom is 0.220 e. The van der Waals surface area contributed by atoms with Gasteiger partial charge in [0.05, 0.1) is 25.4 Å². The first-order valence-corrected chi connectivity index (χ1v) is 32.4. The van der Waals surface area contributed by atoms with E-state index in [0.717, 1.165) is 38.5 Å². The molecule has 1 fully saturated rings. The fourth-order valence-corrected chi connectivity index (χ4v) is 10.8. The molecule has 1 aliphatic heterocycles. The zero-order valence-electron chi connectivity index (χ0n) is 48.4. The van der Waals surface area contributed by atoms with Crippen molar-refractivity contribution >= 4 is 5.91 Å². The number of carbonyl (C=O) groups excluding carboxylic acids is 1. The fourth-order valence-electron chi connectivity index (χ4n) is 10.8. The lowest BCUT2D eigenvalue weighted by molar-refractivity contribution is -0.302. The summed E-state index contributed by atoms with van der Waals surface area (Å²) in [5.74, 6) is -0.168. The number of carbonyl (C=O) groups is 1. The van der Waals surface area contributed by atoms with Gasteiger partial charge in [0, 0.05) is 6.42 Å². The molecule has 0 aromatic rings. The van der Waals surface area contributed by atoms with Crippen LogP contribution >= 0.6 is 0 Å². The standard InChI is InChI=1S/C64H125NO8/c1-3-5-7-9-11-13-15-17-19-21-23-25-26-27-28-29-30-31-32-34-36-38-40-42-44-46-48-50-52-54-60(68)65-57(56-72-64-63(71)62(70)61(69)59(55-66)73-64)58(67)53-51-49-47-45-43-41-39-37-35-33-24-22-20-18-16-14-12-10-8-6-4-2/h51,53,57-59,61-64,66-67,69-71H,3-50,52,54-56H2,1-2H3,(H,65,68)/b53-51+. The Labute approximate surface area is 452 Å². The summed E-state index contributed by atoms with van der Waals surface area (Å²) >= 11 is 0. The van der Waals surface area contributed by atoms with E-state index in [4.69, 9.17) is 9.47 Å². The van der Waals surface area contributed by atoms with Gasteiger partial charge in [-0.05, 0) is 19.3 Å². The summed E-state index contributed by atoms with van der Waals surface area (Å²) in [5, 5.41) is 54.7. The number of rotatable bonds is 57.